The Balaban J connectivity index is 2.84. The molecule has 0 saturated carbocycles. The molecule has 19 heavy (non-hydrogen) atoms. The molecular formula is C12H16N2O5. The SMILES string of the molecule is N[C@@H](CC(=O)O)C(=O)N(CC(=O)O)C1=CCC=CC1. The quantitative estimate of drug-likeness (QED) is 0.580. The topological polar surface area (TPSA) is 121 Å². The van der Waals surface area contributed by atoms with Gasteiger partial charge in [0.05, 0.1) is 12.5 Å². The Kier molecular flexibility index (Phi) is 5.25. The van der Waals surface area contributed by atoms with Crippen LogP contribution in [-0.2, 0) is 14.4 Å². The van der Waals surface area contributed by atoms with Crippen LogP contribution in [0.2, 0.25) is 0 Å². The number of allylic oxidation sites excluding steroid dienone is 3. The summed E-state index contributed by atoms with van der Waals surface area (Å²) in [5.74, 6) is -3.06. The molecule has 0 aromatic carbocycles. The minimum atomic E-state index is -1.25. The molecule has 1 aliphatic rings. The van der Waals surface area contributed by atoms with Gasteiger partial charge in [0.15, 0.2) is 0 Å². The number of nitrogens with zero attached hydrogens (tertiary/aromatic N) is 1. The summed E-state index contributed by atoms with van der Waals surface area (Å²) in [6, 6.07) is -1.25. The van der Waals surface area contributed by atoms with E-state index < -0.39 is 36.9 Å². The van der Waals surface area contributed by atoms with Gasteiger partial charge in [0.2, 0.25) is 5.91 Å². The Bertz CT molecular complexity index is 441. The lowest BCUT2D eigenvalue weighted by Crippen LogP contribution is -2.46. The molecule has 1 rings (SSSR count). The van der Waals surface area contributed by atoms with Crippen molar-refractivity contribution in [2.45, 2.75) is 25.3 Å². The molecule has 0 saturated heterocycles. The second kappa shape index (κ2) is 6.69. The van der Waals surface area contributed by atoms with Gasteiger partial charge in [-0.25, -0.2) is 0 Å². The van der Waals surface area contributed by atoms with E-state index in [1.165, 1.54) is 0 Å². The Hall–Kier alpha value is -2.15. The average Bonchev–Trinajstić information content (AvgIpc) is 2.35. The standard InChI is InChI=1S/C12H16N2O5/c13-9(6-10(15)16)12(19)14(7-11(17)18)8-4-2-1-3-5-8/h1-2,5,9H,3-4,6-7,13H2,(H,15,16)(H,17,18)/t9-/m0/s1. The second-order valence-electron chi connectivity index (χ2n) is 4.13. The van der Waals surface area contributed by atoms with Gasteiger partial charge < -0.3 is 20.8 Å². The van der Waals surface area contributed by atoms with Crippen molar-refractivity contribution in [3.63, 3.8) is 0 Å². The maximum Gasteiger partial charge on any atom is 0.323 e. The predicted octanol–water partition coefficient (Wildman–Crippen LogP) is -0.0645. The van der Waals surface area contributed by atoms with Crippen molar-refractivity contribution in [1.82, 2.24) is 4.90 Å². The third kappa shape index (κ3) is 4.55. The number of amides is 1. The fraction of sp³-hybridized carbons (Fsp3) is 0.417. The van der Waals surface area contributed by atoms with Gasteiger partial charge in [0, 0.05) is 12.1 Å². The minimum Gasteiger partial charge on any atom is -0.481 e. The number of hydrogen-bond acceptors (Lipinski definition) is 4. The molecule has 1 atom stereocenters. The van der Waals surface area contributed by atoms with E-state index in [-0.39, 0.29) is 0 Å². The molecule has 1 aliphatic carbocycles. The fourth-order valence-corrected chi connectivity index (χ4v) is 1.74. The average molecular weight is 268 g/mol. The number of nitrogens with two attached hydrogens (primary N) is 1. The molecule has 0 aromatic rings. The Morgan fingerprint density at radius 2 is 1.95 bits per heavy atom. The zero-order valence-corrected chi connectivity index (χ0v) is 10.3. The molecule has 0 fully saturated rings. The monoisotopic (exact) mass is 268 g/mol. The summed E-state index contributed by atoms with van der Waals surface area (Å²) in [5, 5.41) is 17.4. The summed E-state index contributed by atoms with van der Waals surface area (Å²) < 4.78 is 0. The molecule has 0 heterocycles. The van der Waals surface area contributed by atoms with Gasteiger partial charge in [-0.2, -0.15) is 0 Å². The summed E-state index contributed by atoms with van der Waals surface area (Å²) in [4.78, 5) is 34.4. The molecule has 0 aliphatic heterocycles. The smallest absolute Gasteiger partial charge is 0.323 e. The van der Waals surface area contributed by atoms with Crippen molar-refractivity contribution in [2.24, 2.45) is 5.73 Å². The zero-order chi connectivity index (χ0) is 14.4. The molecule has 0 unspecified atom stereocenters. The molecule has 7 heteroatoms. The van der Waals surface area contributed by atoms with Crippen LogP contribution in [0.3, 0.4) is 0 Å². The number of hydrogen-bond donors (Lipinski definition) is 3. The largest absolute Gasteiger partial charge is 0.481 e. The highest BCUT2D eigenvalue weighted by molar-refractivity contribution is 5.89. The number of aliphatic carboxylic acids is 2. The van der Waals surface area contributed by atoms with Gasteiger partial charge in [0.25, 0.3) is 0 Å². The number of carboxylic acid groups (broad SMARTS) is 2. The van der Waals surface area contributed by atoms with Gasteiger partial charge in [-0.15, -0.1) is 0 Å². The van der Waals surface area contributed by atoms with Crippen LogP contribution in [0.5, 0.6) is 0 Å². The highest BCUT2D eigenvalue weighted by Crippen LogP contribution is 2.17. The van der Waals surface area contributed by atoms with Crippen molar-refractivity contribution in [1.29, 1.82) is 0 Å². The third-order valence-corrected chi connectivity index (χ3v) is 2.60. The van der Waals surface area contributed by atoms with Crippen molar-refractivity contribution >= 4 is 17.8 Å². The van der Waals surface area contributed by atoms with Crippen LogP contribution in [0.25, 0.3) is 0 Å². The zero-order valence-electron chi connectivity index (χ0n) is 10.3. The van der Waals surface area contributed by atoms with Crippen LogP contribution < -0.4 is 5.73 Å². The van der Waals surface area contributed by atoms with Gasteiger partial charge in [0.1, 0.15) is 6.54 Å². The van der Waals surface area contributed by atoms with Crippen LogP contribution >= 0.6 is 0 Å². The van der Waals surface area contributed by atoms with E-state index in [9.17, 15) is 14.4 Å². The first-order valence-corrected chi connectivity index (χ1v) is 5.76. The molecule has 0 spiro atoms. The first-order chi connectivity index (χ1) is 8.91. The summed E-state index contributed by atoms with van der Waals surface area (Å²) in [6.45, 7) is -0.522. The molecule has 1 amide bonds. The van der Waals surface area contributed by atoms with E-state index in [0.717, 1.165) is 4.90 Å². The van der Waals surface area contributed by atoms with E-state index in [4.69, 9.17) is 15.9 Å². The molecule has 4 N–H and O–H groups in total. The van der Waals surface area contributed by atoms with Gasteiger partial charge in [-0.05, 0) is 6.42 Å². The normalized spacial score (nSPS) is 15.5. The van der Waals surface area contributed by atoms with E-state index in [0.29, 0.717) is 18.5 Å². The van der Waals surface area contributed by atoms with E-state index in [2.05, 4.69) is 0 Å². The van der Waals surface area contributed by atoms with Crippen LogP contribution in [-0.4, -0.2) is 45.5 Å². The molecule has 7 nitrogen and oxygen atoms in total. The minimum absolute atomic E-state index is 0.429. The maximum absolute atomic E-state index is 12.0. The number of carbonyl (C=O) groups is 3. The van der Waals surface area contributed by atoms with Crippen molar-refractivity contribution < 1.29 is 24.6 Å². The van der Waals surface area contributed by atoms with E-state index >= 15 is 0 Å². The predicted molar refractivity (Wildman–Crippen MR) is 66.0 cm³/mol. The number of carboxylic acids is 2. The van der Waals surface area contributed by atoms with Crippen LogP contribution in [0, 0.1) is 0 Å². The van der Waals surface area contributed by atoms with E-state index in [1.807, 2.05) is 12.2 Å². The summed E-state index contributed by atoms with van der Waals surface area (Å²) >= 11 is 0. The second-order valence-corrected chi connectivity index (χ2v) is 4.13. The molecular weight excluding hydrogens is 252 g/mol. The van der Waals surface area contributed by atoms with Gasteiger partial charge in [-0.3, -0.25) is 14.4 Å². The van der Waals surface area contributed by atoms with Crippen LogP contribution in [0.4, 0.5) is 0 Å². The number of rotatable bonds is 6. The summed E-state index contributed by atoms with van der Waals surface area (Å²) in [5.41, 5.74) is 6.03. The van der Waals surface area contributed by atoms with Gasteiger partial charge >= 0.3 is 11.9 Å². The van der Waals surface area contributed by atoms with Crippen LogP contribution in [0.15, 0.2) is 23.9 Å². The first kappa shape index (κ1) is 14.9. The lowest BCUT2D eigenvalue weighted by molar-refractivity contribution is -0.145. The highest BCUT2D eigenvalue weighted by Gasteiger charge is 2.27. The molecule has 0 aromatic heterocycles. The Morgan fingerprint density at radius 1 is 1.26 bits per heavy atom. The third-order valence-electron chi connectivity index (χ3n) is 2.60. The van der Waals surface area contributed by atoms with E-state index in [1.54, 1.807) is 6.08 Å². The Morgan fingerprint density at radius 3 is 2.42 bits per heavy atom. The summed E-state index contributed by atoms with van der Waals surface area (Å²) in [6.07, 6.45) is 5.95. The van der Waals surface area contributed by atoms with Crippen LogP contribution in [0.1, 0.15) is 19.3 Å². The molecule has 0 radical (unpaired) electrons. The highest BCUT2D eigenvalue weighted by atomic mass is 16.4. The van der Waals surface area contributed by atoms with Crippen molar-refractivity contribution in [2.75, 3.05) is 6.54 Å². The fourth-order valence-electron chi connectivity index (χ4n) is 1.74. The summed E-state index contributed by atoms with van der Waals surface area (Å²) in [7, 11) is 0. The number of carbonyl (C=O) groups excluding carboxylic acids is 1. The van der Waals surface area contributed by atoms with Gasteiger partial charge in [-0.1, -0.05) is 18.2 Å². The van der Waals surface area contributed by atoms with Crippen molar-refractivity contribution in [3.8, 4) is 0 Å². The lowest BCUT2D eigenvalue weighted by Gasteiger charge is -2.26. The lowest BCUT2D eigenvalue weighted by atomic mass is 10.1. The maximum atomic E-state index is 12.0. The van der Waals surface area contributed by atoms with Crippen molar-refractivity contribution in [3.05, 3.63) is 23.9 Å². The Labute approximate surface area is 110 Å². The molecule has 0 bridgehead atoms. The first-order valence-electron chi connectivity index (χ1n) is 5.76. The molecule has 104 valence electrons.